The zero-order valence-electron chi connectivity index (χ0n) is 13.9. The molecule has 1 saturated heterocycles. The number of hydrogen-bond acceptors (Lipinski definition) is 2. The van der Waals surface area contributed by atoms with Gasteiger partial charge in [-0.15, -0.1) is 0 Å². The maximum absolute atomic E-state index is 12.1. The fourth-order valence-electron chi connectivity index (χ4n) is 6.31. The minimum Gasteiger partial charge on any atom is -0.330 e. The average molecular weight is 301 g/mol. The minimum absolute atomic E-state index is 0.109. The van der Waals surface area contributed by atoms with Gasteiger partial charge in [-0.25, -0.2) is 0 Å². The highest BCUT2D eigenvalue weighted by molar-refractivity contribution is 5.82. The molecule has 3 fully saturated rings. The molecule has 3 heteroatoms. The van der Waals surface area contributed by atoms with Gasteiger partial charge in [0.25, 0.3) is 0 Å². The number of nitrogens with one attached hydrogen (secondary N) is 1. The predicted octanol–water partition coefficient (Wildman–Crippen LogP) is 3.45. The van der Waals surface area contributed by atoms with Crippen LogP contribution in [-0.4, -0.2) is 11.7 Å². The van der Waals surface area contributed by atoms with E-state index in [0.717, 1.165) is 19.3 Å². The van der Waals surface area contributed by atoms with E-state index < -0.39 is 0 Å². The standard InChI is InChI=1S/C19H27NO2/c1-11-8-15-19(3,7-5-16(22)20-15)13-4-6-18(2)10-12(21)9-14(18)17(11)13/h8,11,13-14,17H,4-7,9-10H2,1-3H3,(H,20,22)/t11-,13-,14-,17+,18+,19+/m0/s1. The van der Waals surface area contributed by atoms with Crippen LogP contribution in [0.4, 0.5) is 0 Å². The topological polar surface area (TPSA) is 46.2 Å². The molecule has 0 aromatic carbocycles. The molecule has 0 radical (unpaired) electrons. The van der Waals surface area contributed by atoms with Gasteiger partial charge in [-0.1, -0.05) is 26.8 Å². The fraction of sp³-hybridized carbons (Fsp3) is 0.789. The van der Waals surface area contributed by atoms with E-state index in [-0.39, 0.29) is 16.7 Å². The van der Waals surface area contributed by atoms with Crippen molar-refractivity contribution in [2.24, 2.45) is 34.5 Å². The van der Waals surface area contributed by atoms with Crippen LogP contribution in [0.3, 0.4) is 0 Å². The second-order valence-corrected chi connectivity index (χ2v) is 8.81. The highest BCUT2D eigenvalue weighted by Gasteiger charge is 2.59. The molecule has 2 saturated carbocycles. The first kappa shape index (κ1) is 14.5. The summed E-state index contributed by atoms with van der Waals surface area (Å²) in [5, 5.41) is 3.16. The number of hydrogen-bond donors (Lipinski definition) is 1. The molecule has 4 rings (SSSR count). The molecule has 3 nitrogen and oxygen atoms in total. The van der Waals surface area contributed by atoms with Crippen molar-refractivity contribution in [2.75, 3.05) is 0 Å². The molecule has 0 bridgehead atoms. The first-order valence-corrected chi connectivity index (χ1v) is 8.87. The molecule has 6 atom stereocenters. The quantitative estimate of drug-likeness (QED) is 0.745. The van der Waals surface area contributed by atoms with Gasteiger partial charge in [0.05, 0.1) is 0 Å². The average Bonchev–Trinajstić information content (AvgIpc) is 2.75. The van der Waals surface area contributed by atoms with Gasteiger partial charge in [-0.05, 0) is 48.3 Å². The van der Waals surface area contributed by atoms with Crippen molar-refractivity contribution in [1.82, 2.24) is 5.32 Å². The minimum atomic E-state index is 0.109. The summed E-state index contributed by atoms with van der Waals surface area (Å²) in [7, 11) is 0. The molecule has 1 N–H and O–H groups in total. The van der Waals surface area contributed by atoms with E-state index in [2.05, 4.69) is 32.2 Å². The van der Waals surface area contributed by atoms with Crippen LogP contribution in [0.5, 0.6) is 0 Å². The summed E-state index contributed by atoms with van der Waals surface area (Å²) in [6, 6.07) is 0. The van der Waals surface area contributed by atoms with Crippen LogP contribution in [0.2, 0.25) is 0 Å². The summed E-state index contributed by atoms with van der Waals surface area (Å²) in [5.41, 5.74) is 1.51. The van der Waals surface area contributed by atoms with Gasteiger partial charge in [-0.3, -0.25) is 9.59 Å². The first-order valence-electron chi connectivity index (χ1n) is 8.87. The predicted molar refractivity (Wildman–Crippen MR) is 84.8 cm³/mol. The van der Waals surface area contributed by atoms with Gasteiger partial charge in [0.15, 0.2) is 0 Å². The molecule has 1 aliphatic heterocycles. The molecule has 3 aliphatic carbocycles. The first-order chi connectivity index (χ1) is 10.3. The number of carbonyl (C=O) groups excluding carboxylic acids is 2. The lowest BCUT2D eigenvalue weighted by Gasteiger charge is -2.58. The lowest BCUT2D eigenvalue weighted by Crippen LogP contribution is -2.54. The third kappa shape index (κ3) is 1.80. The number of ketones is 1. The second-order valence-electron chi connectivity index (χ2n) is 8.81. The van der Waals surface area contributed by atoms with Crippen molar-refractivity contribution in [3.63, 3.8) is 0 Å². The maximum Gasteiger partial charge on any atom is 0.224 e. The van der Waals surface area contributed by atoms with Crippen LogP contribution in [0.1, 0.15) is 59.3 Å². The SMILES string of the molecule is C[C@H]1C=C2NC(=O)CC[C@]2(C)[C@H]2CC[C@]3(C)CC(=O)C[C@H]3[C@H]12. The Bertz CT molecular complexity index is 580. The van der Waals surface area contributed by atoms with Crippen LogP contribution in [0.25, 0.3) is 0 Å². The van der Waals surface area contributed by atoms with E-state index in [1.807, 2.05) is 0 Å². The summed E-state index contributed by atoms with van der Waals surface area (Å²) >= 11 is 0. The van der Waals surface area contributed by atoms with Gasteiger partial charge in [0, 0.05) is 30.4 Å². The number of amides is 1. The molecule has 0 aromatic heterocycles. The summed E-state index contributed by atoms with van der Waals surface area (Å²) in [6.45, 7) is 6.98. The lowest BCUT2D eigenvalue weighted by atomic mass is 9.48. The van der Waals surface area contributed by atoms with Gasteiger partial charge < -0.3 is 5.32 Å². The van der Waals surface area contributed by atoms with Gasteiger partial charge in [0.2, 0.25) is 5.91 Å². The summed E-state index contributed by atoms with van der Waals surface area (Å²) < 4.78 is 0. The molecule has 1 amide bonds. The highest BCUT2D eigenvalue weighted by Crippen LogP contribution is 2.64. The van der Waals surface area contributed by atoms with E-state index in [1.165, 1.54) is 18.5 Å². The lowest BCUT2D eigenvalue weighted by molar-refractivity contribution is -0.125. The van der Waals surface area contributed by atoms with Gasteiger partial charge in [-0.2, -0.15) is 0 Å². The number of rotatable bonds is 0. The van der Waals surface area contributed by atoms with Crippen molar-refractivity contribution in [1.29, 1.82) is 0 Å². The largest absolute Gasteiger partial charge is 0.330 e. The molecule has 4 aliphatic rings. The Kier molecular flexibility index (Phi) is 2.93. The van der Waals surface area contributed by atoms with Crippen LogP contribution < -0.4 is 5.32 Å². The van der Waals surface area contributed by atoms with Crippen LogP contribution in [0, 0.1) is 34.5 Å². The van der Waals surface area contributed by atoms with Crippen molar-refractivity contribution >= 4 is 11.7 Å². The Hall–Kier alpha value is -1.12. The molecule has 0 aromatic rings. The number of carbonyl (C=O) groups is 2. The van der Waals surface area contributed by atoms with Crippen LogP contribution in [-0.2, 0) is 9.59 Å². The van der Waals surface area contributed by atoms with Crippen molar-refractivity contribution in [3.8, 4) is 0 Å². The summed E-state index contributed by atoms with van der Waals surface area (Å²) in [4.78, 5) is 23.9. The van der Waals surface area contributed by atoms with Crippen molar-refractivity contribution < 1.29 is 9.59 Å². The zero-order chi connectivity index (χ0) is 15.7. The Labute approximate surface area is 132 Å². The fourth-order valence-corrected chi connectivity index (χ4v) is 6.31. The van der Waals surface area contributed by atoms with E-state index in [9.17, 15) is 9.59 Å². The highest BCUT2D eigenvalue weighted by atomic mass is 16.1. The molecule has 1 heterocycles. The number of fused-ring (bicyclic) bond motifs is 5. The molecule has 120 valence electrons. The van der Waals surface area contributed by atoms with Crippen LogP contribution in [0.15, 0.2) is 11.8 Å². The van der Waals surface area contributed by atoms with E-state index in [4.69, 9.17) is 0 Å². The van der Waals surface area contributed by atoms with Gasteiger partial charge in [0.1, 0.15) is 5.78 Å². The zero-order valence-corrected chi connectivity index (χ0v) is 13.9. The number of allylic oxidation sites excluding steroid dienone is 2. The normalized spacial score (nSPS) is 50.6. The van der Waals surface area contributed by atoms with Crippen molar-refractivity contribution in [3.05, 3.63) is 11.8 Å². The smallest absolute Gasteiger partial charge is 0.224 e. The maximum atomic E-state index is 12.1. The molecule has 0 spiro atoms. The molecular formula is C19H27NO2. The third-order valence-electron chi connectivity index (χ3n) is 7.52. The van der Waals surface area contributed by atoms with E-state index in [1.54, 1.807) is 0 Å². The second kappa shape index (κ2) is 4.46. The monoisotopic (exact) mass is 301 g/mol. The Morgan fingerprint density at radius 3 is 2.73 bits per heavy atom. The number of piperidine rings is 1. The number of Topliss-reactive ketones (excluding diaryl/α,β-unsaturated/α-hetero) is 1. The summed E-state index contributed by atoms with van der Waals surface area (Å²) in [6.07, 6.45) is 7.88. The van der Waals surface area contributed by atoms with Gasteiger partial charge >= 0.3 is 0 Å². The molecule has 22 heavy (non-hydrogen) atoms. The Morgan fingerprint density at radius 1 is 1.18 bits per heavy atom. The Balaban J connectivity index is 1.75. The van der Waals surface area contributed by atoms with E-state index >= 15 is 0 Å². The summed E-state index contributed by atoms with van der Waals surface area (Å²) in [5.74, 6) is 2.87. The molecule has 0 unspecified atom stereocenters. The van der Waals surface area contributed by atoms with E-state index in [0.29, 0.717) is 35.9 Å². The van der Waals surface area contributed by atoms with Crippen LogP contribution >= 0.6 is 0 Å². The Morgan fingerprint density at radius 2 is 1.95 bits per heavy atom. The van der Waals surface area contributed by atoms with Crippen molar-refractivity contribution in [2.45, 2.75) is 59.3 Å². The molecular weight excluding hydrogens is 274 g/mol. The third-order valence-corrected chi connectivity index (χ3v) is 7.52.